The summed E-state index contributed by atoms with van der Waals surface area (Å²) < 4.78 is 4.92. The summed E-state index contributed by atoms with van der Waals surface area (Å²) in [4.78, 5) is 10.6. The fraction of sp³-hybridized carbons (Fsp3) is 0.417. The van der Waals surface area contributed by atoms with Crippen LogP contribution in [0.15, 0.2) is 24.3 Å². The van der Waals surface area contributed by atoms with E-state index in [0.717, 1.165) is 11.3 Å². The van der Waals surface area contributed by atoms with E-state index in [1.807, 2.05) is 24.3 Å². The molecule has 0 heterocycles. The molecule has 3 heteroatoms. The Bertz CT molecular complexity index is 334. The molecular weight excluding hydrogens is 190 g/mol. The predicted molar refractivity (Wildman–Crippen MR) is 60.7 cm³/mol. The van der Waals surface area contributed by atoms with Gasteiger partial charge in [-0.3, -0.25) is 4.79 Å². The van der Waals surface area contributed by atoms with Crippen molar-refractivity contribution in [2.75, 3.05) is 5.32 Å². The zero-order valence-electron chi connectivity index (χ0n) is 9.41. The number of ether oxygens (including phenoxy) is 1. The Morgan fingerprint density at radius 3 is 2.80 bits per heavy atom. The van der Waals surface area contributed by atoms with Crippen molar-refractivity contribution < 1.29 is 9.53 Å². The molecular formula is C12H17NO2. The first-order valence-corrected chi connectivity index (χ1v) is 5.07. The van der Waals surface area contributed by atoms with Crippen molar-refractivity contribution in [2.45, 2.75) is 33.4 Å². The van der Waals surface area contributed by atoms with Crippen LogP contribution in [0.5, 0.6) is 0 Å². The van der Waals surface area contributed by atoms with Crippen LogP contribution >= 0.6 is 0 Å². The second-order valence-electron chi connectivity index (χ2n) is 3.78. The van der Waals surface area contributed by atoms with E-state index in [1.54, 1.807) is 0 Å². The molecule has 0 aliphatic heterocycles. The van der Waals surface area contributed by atoms with Crippen LogP contribution in [0.1, 0.15) is 26.3 Å². The molecule has 0 radical (unpaired) electrons. The molecule has 0 amide bonds. The van der Waals surface area contributed by atoms with Gasteiger partial charge in [0.1, 0.15) is 6.61 Å². The van der Waals surface area contributed by atoms with E-state index in [-0.39, 0.29) is 5.97 Å². The summed E-state index contributed by atoms with van der Waals surface area (Å²) in [5.41, 5.74) is 2.05. The summed E-state index contributed by atoms with van der Waals surface area (Å²) in [6.45, 7) is 5.91. The van der Waals surface area contributed by atoms with Crippen molar-refractivity contribution in [3.8, 4) is 0 Å². The Morgan fingerprint density at radius 1 is 1.47 bits per heavy atom. The molecule has 15 heavy (non-hydrogen) atoms. The lowest BCUT2D eigenvalue weighted by atomic mass is 10.2. The Balaban J connectivity index is 2.61. The molecule has 0 saturated heterocycles. The normalized spacial score (nSPS) is 10.1. The number of benzene rings is 1. The Hall–Kier alpha value is -1.51. The molecule has 1 aromatic carbocycles. The van der Waals surface area contributed by atoms with Gasteiger partial charge in [0.25, 0.3) is 0 Å². The number of anilines is 1. The molecule has 0 spiro atoms. The SMILES string of the molecule is CC(=O)OCc1cccc(NC(C)C)c1. The number of carbonyl (C=O) groups excluding carboxylic acids is 1. The lowest BCUT2D eigenvalue weighted by molar-refractivity contribution is -0.142. The molecule has 0 aliphatic carbocycles. The van der Waals surface area contributed by atoms with Crippen molar-refractivity contribution in [1.29, 1.82) is 0 Å². The van der Waals surface area contributed by atoms with E-state index < -0.39 is 0 Å². The zero-order chi connectivity index (χ0) is 11.3. The van der Waals surface area contributed by atoms with Crippen molar-refractivity contribution in [3.63, 3.8) is 0 Å². The van der Waals surface area contributed by atoms with Crippen LogP contribution in [0.2, 0.25) is 0 Å². The van der Waals surface area contributed by atoms with E-state index in [1.165, 1.54) is 6.92 Å². The van der Waals surface area contributed by atoms with Gasteiger partial charge in [-0.2, -0.15) is 0 Å². The lowest BCUT2D eigenvalue weighted by Gasteiger charge is -2.11. The van der Waals surface area contributed by atoms with Gasteiger partial charge in [0.05, 0.1) is 0 Å². The lowest BCUT2D eigenvalue weighted by Crippen LogP contribution is -2.09. The molecule has 0 aliphatic rings. The third-order valence-corrected chi connectivity index (χ3v) is 1.82. The van der Waals surface area contributed by atoms with Gasteiger partial charge in [-0.15, -0.1) is 0 Å². The third kappa shape index (κ3) is 4.49. The predicted octanol–water partition coefficient (Wildman–Crippen LogP) is 2.57. The second-order valence-corrected chi connectivity index (χ2v) is 3.78. The maximum absolute atomic E-state index is 10.6. The first-order valence-electron chi connectivity index (χ1n) is 5.07. The van der Waals surface area contributed by atoms with Gasteiger partial charge in [-0.25, -0.2) is 0 Å². The minimum absolute atomic E-state index is 0.253. The molecule has 1 N–H and O–H groups in total. The molecule has 0 bridgehead atoms. The minimum Gasteiger partial charge on any atom is -0.461 e. The number of rotatable bonds is 4. The Morgan fingerprint density at radius 2 is 2.20 bits per heavy atom. The number of hydrogen-bond acceptors (Lipinski definition) is 3. The van der Waals surface area contributed by atoms with Crippen molar-refractivity contribution in [3.05, 3.63) is 29.8 Å². The summed E-state index contributed by atoms with van der Waals surface area (Å²) in [6.07, 6.45) is 0. The average molecular weight is 207 g/mol. The van der Waals surface area contributed by atoms with E-state index in [0.29, 0.717) is 12.6 Å². The van der Waals surface area contributed by atoms with Gasteiger partial charge in [0, 0.05) is 18.7 Å². The molecule has 3 nitrogen and oxygen atoms in total. The first-order chi connectivity index (χ1) is 7.08. The molecule has 82 valence electrons. The van der Waals surface area contributed by atoms with Crippen LogP contribution in [0.4, 0.5) is 5.69 Å². The van der Waals surface area contributed by atoms with Crippen molar-refractivity contribution >= 4 is 11.7 Å². The maximum Gasteiger partial charge on any atom is 0.302 e. The van der Waals surface area contributed by atoms with Crippen molar-refractivity contribution in [2.24, 2.45) is 0 Å². The van der Waals surface area contributed by atoms with Crippen LogP contribution < -0.4 is 5.32 Å². The van der Waals surface area contributed by atoms with Crippen LogP contribution in [-0.4, -0.2) is 12.0 Å². The largest absolute Gasteiger partial charge is 0.461 e. The monoisotopic (exact) mass is 207 g/mol. The van der Waals surface area contributed by atoms with Crippen LogP contribution in [0.3, 0.4) is 0 Å². The minimum atomic E-state index is -0.253. The standard InChI is InChI=1S/C12H17NO2/c1-9(2)13-12-6-4-5-11(7-12)8-15-10(3)14/h4-7,9,13H,8H2,1-3H3. The fourth-order valence-electron chi connectivity index (χ4n) is 1.27. The molecule has 1 rings (SSSR count). The van der Waals surface area contributed by atoms with Crippen molar-refractivity contribution in [1.82, 2.24) is 0 Å². The fourth-order valence-corrected chi connectivity index (χ4v) is 1.27. The number of carbonyl (C=O) groups is 1. The molecule has 0 aromatic heterocycles. The van der Waals surface area contributed by atoms with Gasteiger partial charge in [0.2, 0.25) is 0 Å². The van der Waals surface area contributed by atoms with E-state index in [4.69, 9.17) is 4.74 Å². The molecule has 0 atom stereocenters. The Kier molecular flexibility index (Phi) is 4.16. The molecule has 0 fully saturated rings. The average Bonchev–Trinajstić information content (AvgIpc) is 2.14. The van der Waals surface area contributed by atoms with Gasteiger partial charge in [-0.1, -0.05) is 12.1 Å². The summed E-state index contributed by atoms with van der Waals surface area (Å²) in [7, 11) is 0. The first kappa shape index (κ1) is 11.6. The second kappa shape index (κ2) is 5.39. The Labute approximate surface area is 90.4 Å². The summed E-state index contributed by atoms with van der Waals surface area (Å²) in [6, 6.07) is 8.27. The third-order valence-electron chi connectivity index (χ3n) is 1.82. The zero-order valence-corrected chi connectivity index (χ0v) is 9.41. The quantitative estimate of drug-likeness (QED) is 0.771. The number of nitrogens with one attached hydrogen (secondary N) is 1. The van der Waals surface area contributed by atoms with E-state index >= 15 is 0 Å². The highest BCUT2D eigenvalue weighted by Crippen LogP contribution is 2.12. The number of esters is 1. The highest BCUT2D eigenvalue weighted by Gasteiger charge is 1.99. The summed E-state index contributed by atoms with van der Waals surface area (Å²) in [5.74, 6) is -0.253. The van der Waals surface area contributed by atoms with Gasteiger partial charge < -0.3 is 10.1 Å². The summed E-state index contributed by atoms with van der Waals surface area (Å²) >= 11 is 0. The molecule has 0 saturated carbocycles. The molecule has 1 aromatic rings. The van der Waals surface area contributed by atoms with Gasteiger partial charge >= 0.3 is 5.97 Å². The topological polar surface area (TPSA) is 38.3 Å². The van der Waals surface area contributed by atoms with E-state index in [2.05, 4.69) is 19.2 Å². The van der Waals surface area contributed by atoms with Crippen LogP contribution in [-0.2, 0) is 16.1 Å². The number of hydrogen-bond donors (Lipinski definition) is 1. The highest BCUT2D eigenvalue weighted by molar-refractivity contribution is 5.66. The van der Waals surface area contributed by atoms with Crippen LogP contribution in [0.25, 0.3) is 0 Å². The van der Waals surface area contributed by atoms with Gasteiger partial charge in [-0.05, 0) is 31.5 Å². The van der Waals surface area contributed by atoms with Gasteiger partial charge in [0.15, 0.2) is 0 Å². The summed E-state index contributed by atoms with van der Waals surface area (Å²) in [5, 5.41) is 3.29. The van der Waals surface area contributed by atoms with Crippen LogP contribution in [0, 0.1) is 0 Å². The maximum atomic E-state index is 10.6. The molecule has 0 unspecified atom stereocenters. The highest BCUT2D eigenvalue weighted by atomic mass is 16.5. The van der Waals surface area contributed by atoms with E-state index in [9.17, 15) is 4.79 Å². The smallest absolute Gasteiger partial charge is 0.302 e.